The molecule has 146 valence electrons. The van der Waals surface area contributed by atoms with Crippen molar-refractivity contribution < 1.29 is 13.7 Å². The van der Waals surface area contributed by atoms with Crippen molar-refractivity contribution in [3.63, 3.8) is 0 Å². The molecule has 3 nitrogen and oxygen atoms in total. The molecule has 1 saturated heterocycles. The molecule has 1 heterocycles. The van der Waals surface area contributed by atoms with Gasteiger partial charge in [0.15, 0.2) is 8.32 Å². The minimum atomic E-state index is -1.67. The number of rotatable bonds is 6. The highest BCUT2D eigenvalue weighted by atomic mass is 35.5. The summed E-state index contributed by atoms with van der Waals surface area (Å²) in [6.07, 6.45) is 0. The standard InChI is InChI=1S/C20H34BClO3Si/c1-14(2)13-26(8,9)23-12-16-10-11-17(15(3)18(16)22)21-24-19(4,5)20(6,7)25-21/h10-11,14H,12-13H2,1-9H3. The van der Waals surface area contributed by atoms with Crippen molar-refractivity contribution in [1.29, 1.82) is 0 Å². The summed E-state index contributed by atoms with van der Waals surface area (Å²) in [5.74, 6) is 0.652. The van der Waals surface area contributed by atoms with E-state index in [1.807, 2.05) is 6.92 Å². The fraction of sp³-hybridized carbons (Fsp3) is 0.700. The first kappa shape index (κ1) is 22.0. The van der Waals surface area contributed by atoms with E-state index in [4.69, 9.17) is 25.3 Å². The van der Waals surface area contributed by atoms with Crippen LogP contribution in [-0.2, 0) is 20.3 Å². The Labute approximate surface area is 166 Å². The normalized spacial score (nSPS) is 19.4. The molecule has 0 spiro atoms. The van der Waals surface area contributed by atoms with E-state index >= 15 is 0 Å². The molecule has 1 aliphatic heterocycles. The Bertz CT molecular complexity index is 643. The second kappa shape index (κ2) is 7.59. The topological polar surface area (TPSA) is 27.7 Å². The maximum atomic E-state index is 6.68. The van der Waals surface area contributed by atoms with Crippen molar-refractivity contribution in [2.45, 2.75) is 85.4 Å². The predicted molar refractivity (Wildman–Crippen MR) is 114 cm³/mol. The van der Waals surface area contributed by atoms with Crippen molar-refractivity contribution in [2.75, 3.05) is 0 Å². The lowest BCUT2D eigenvalue weighted by Gasteiger charge is -2.32. The van der Waals surface area contributed by atoms with Crippen LogP contribution in [0, 0.1) is 12.8 Å². The molecule has 0 bridgehead atoms. The molecule has 26 heavy (non-hydrogen) atoms. The summed E-state index contributed by atoms with van der Waals surface area (Å²) in [4.78, 5) is 0. The quantitative estimate of drug-likeness (QED) is 0.608. The van der Waals surface area contributed by atoms with Crippen molar-refractivity contribution in [2.24, 2.45) is 5.92 Å². The highest BCUT2D eigenvalue weighted by Crippen LogP contribution is 2.37. The molecule has 0 saturated carbocycles. The van der Waals surface area contributed by atoms with Gasteiger partial charge in [0.2, 0.25) is 0 Å². The summed E-state index contributed by atoms with van der Waals surface area (Å²) in [5.41, 5.74) is 2.33. The van der Waals surface area contributed by atoms with E-state index in [-0.39, 0.29) is 18.3 Å². The zero-order chi connectivity index (χ0) is 19.9. The van der Waals surface area contributed by atoms with Crippen LogP contribution in [0.4, 0.5) is 0 Å². The Hall–Kier alpha value is -0.328. The molecular weight excluding hydrogens is 363 g/mol. The fourth-order valence-electron chi connectivity index (χ4n) is 3.41. The maximum absolute atomic E-state index is 6.68. The van der Waals surface area contributed by atoms with E-state index in [1.165, 1.54) is 0 Å². The Morgan fingerprint density at radius 2 is 1.65 bits per heavy atom. The smallest absolute Gasteiger partial charge is 0.413 e. The Kier molecular flexibility index (Phi) is 6.41. The third-order valence-corrected chi connectivity index (χ3v) is 8.79. The van der Waals surface area contributed by atoms with Gasteiger partial charge in [0.05, 0.1) is 17.8 Å². The lowest BCUT2D eigenvalue weighted by Crippen LogP contribution is -2.41. The van der Waals surface area contributed by atoms with E-state index in [2.05, 4.69) is 66.8 Å². The minimum Gasteiger partial charge on any atom is -0.413 e. The molecule has 1 aliphatic rings. The third-order valence-electron chi connectivity index (χ3n) is 5.53. The highest BCUT2D eigenvalue weighted by molar-refractivity contribution is 6.71. The van der Waals surface area contributed by atoms with Gasteiger partial charge >= 0.3 is 7.12 Å². The van der Waals surface area contributed by atoms with E-state index in [9.17, 15) is 0 Å². The fourth-order valence-corrected chi connectivity index (χ4v) is 6.27. The lowest BCUT2D eigenvalue weighted by atomic mass is 9.76. The Balaban J connectivity index is 2.17. The van der Waals surface area contributed by atoms with Crippen molar-refractivity contribution in [3.05, 3.63) is 28.3 Å². The zero-order valence-electron chi connectivity index (χ0n) is 17.8. The third kappa shape index (κ3) is 4.74. The Morgan fingerprint density at radius 1 is 1.12 bits per heavy atom. The second-order valence-corrected chi connectivity index (χ2v) is 14.1. The molecule has 6 heteroatoms. The maximum Gasteiger partial charge on any atom is 0.495 e. The molecule has 0 amide bonds. The molecule has 0 atom stereocenters. The van der Waals surface area contributed by atoms with Gasteiger partial charge in [-0.2, -0.15) is 0 Å². The molecular formula is C20H34BClO3Si. The number of hydrogen-bond acceptors (Lipinski definition) is 3. The van der Waals surface area contributed by atoms with Crippen molar-refractivity contribution in [1.82, 2.24) is 0 Å². The monoisotopic (exact) mass is 396 g/mol. The predicted octanol–water partition coefficient (Wildman–Crippen LogP) is 5.33. The summed E-state index contributed by atoms with van der Waals surface area (Å²) < 4.78 is 18.6. The Morgan fingerprint density at radius 3 is 2.15 bits per heavy atom. The highest BCUT2D eigenvalue weighted by Gasteiger charge is 2.52. The van der Waals surface area contributed by atoms with Crippen LogP contribution in [0.2, 0.25) is 24.2 Å². The van der Waals surface area contributed by atoms with Crippen molar-refractivity contribution in [3.8, 4) is 0 Å². The lowest BCUT2D eigenvalue weighted by molar-refractivity contribution is 0.00578. The molecule has 0 unspecified atom stereocenters. The van der Waals surface area contributed by atoms with Gasteiger partial charge in [0, 0.05) is 5.02 Å². The van der Waals surface area contributed by atoms with Gasteiger partial charge in [-0.05, 0) is 76.3 Å². The van der Waals surface area contributed by atoms with Gasteiger partial charge in [-0.3, -0.25) is 0 Å². The van der Waals surface area contributed by atoms with E-state index in [0.29, 0.717) is 12.5 Å². The number of benzene rings is 1. The summed E-state index contributed by atoms with van der Waals surface area (Å²) in [5, 5.41) is 0.756. The van der Waals surface area contributed by atoms with Crippen LogP contribution in [0.5, 0.6) is 0 Å². The zero-order valence-corrected chi connectivity index (χ0v) is 19.6. The molecule has 1 aromatic carbocycles. The van der Waals surface area contributed by atoms with Crippen LogP contribution in [0.3, 0.4) is 0 Å². The van der Waals surface area contributed by atoms with Crippen LogP contribution < -0.4 is 5.46 Å². The molecule has 2 rings (SSSR count). The van der Waals surface area contributed by atoms with Gasteiger partial charge in [-0.15, -0.1) is 0 Å². The van der Waals surface area contributed by atoms with Gasteiger partial charge in [-0.25, -0.2) is 0 Å². The minimum absolute atomic E-state index is 0.356. The molecule has 1 aromatic rings. The van der Waals surface area contributed by atoms with Crippen molar-refractivity contribution >= 4 is 32.5 Å². The SMILES string of the molecule is Cc1c(B2OC(C)(C)C(C)(C)O2)ccc(CO[Si](C)(C)CC(C)C)c1Cl. The van der Waals surface area contributed by atoms with Crippen LogP contribution >= 0.6 is 11.6 Å². The molecule has 0 aliphatic carbocycles. The molecule has 0 radical (unpaired) electrons. The number of hydrogen-bond donors (Lipinski definition) is 0. The molecule has 1 fully saturated rings. The van der Waals surface area contributed by atoms with Gasteiger partial charge in [0.1, 0.15) is 0 Å². The first-order chi connectivity index (χ1) is 11.8. The summed E-state index contributed by atoms with van der Waals surface area (Å²) in [6, 6.07) is 5.27. The second-order valence-electron chi connectivity index (χ2n) is 9.49. The summed E-state index contributed by atoms with van der Waals surface area (Å²) >= 11 is 6.68. The van der Waals surface area contributed by atoms with Crippen LogP contribution in [0.15, 0.2) is 12.1 Å². The van der Waals surface area contributed by atoms with Crippen LogP contribution in [0.1, 0.15) is 52.7 Å². The largest absolute Gasteiger partial charge is 0.495 e. The average molecular weight is 397 g/mol. The van der Waals surface area contributed by atoms with E-state index in [1.54, 1.807) is 0 Å². The van der Waals surface area contributed by atoms with E-state index < -0.39 is 8.32 Å². The van der Waals surface area contributed by atoms with Gasteiger partial charge in [-0.1, -0.05) is 37.6 Å². The summed E-state index contributed by atoms with van der Waals surface area (Å²) in [6.45, 7) is 19.9. The first-order valence-corrected chi connectivity index (χ1v) is 13.0. The average Bonchev–Trinajstić information content (AvgIpc) is 2.67. The van der Waals surface area contributed by atoms with Gasteiger partial charge < -0.3 is 13.7 Å². The molecule has 0 aromatic heterocycles. The number of halogens is 1. The van der Waals surface area contributed by atoms with E-state index in [0.717, 1.165) is 27.7 Å². The summed E-state index contributed by atoms with van der Waals surface area (Å²) in [7, 11) is -2.06. The molecule has 0 N–H and O–H groups in total. The van der Waals surface area contributed by atoms with Crippen LogP contribution in [0.25, 0.3) is 0 Å². The first-order valence-electron chi connectivity index (χ1n) is 9.53. The van der Waals surface area contributed by atoms with Crippen LogP contribution in [-0.4, -0.2) is 26.6 Å². The van der Waals surface area contributed by atoms with Gasteiger partial charge in [0.25, 0.3) is 0 Å².